The number of hydrogen-bond acceptors (Lipinski definition) is 2. The SMILES string of the molecule is Cc1ccc(N2CC(C)CC(NCC(C)C)C2)cc1. The third-order valence-corrected chi connectivity index (χ3v) is 3.87. The highest BCUT2D eigenvalue weighted by Gasteiger charge is 2.24. The smallest absolute Gasteiger partial charge is 0.0367 e. The third kappa shape index (κ3) is 4.24. The standard InChI is InChI=1S/C17H28N2/c1-13(2)10-18-16-9-15(4)11-19(12-16)17-7-5-14(3)6-8-17/h5-8,13,15-16,18H,9-12H2,1-4H3. The number of anilines is 1. The van der Waals surface area contributed by atoms with Gasteiger partial charge in [0.05, 0.1) is 0 Å². The third-order valence-electron chi connectivity index (χ3n) is 3.87. The van der Waals surface area contributed by atoms with Crippen LogP contribution in [0.3, 0.4) is 0 Å². The van der Waals surface area contributed by atoms with Gasteiger partial charge in [0.15, 0.2) is 0 Å². The summed E-state index contributed by atoms with van der Waals surface area (Å²) in [6.07, 6.45) is 1.30. The Morgan fingerprint density at radius 1 is 1.21 bits per heavy atom. The van der Waals surface area contributed by atoms with Crippen molar-refractivity contribution in [2.75, 3.05) is 24.5 Å². The number of benzene rings is 1. The Hall–Kier alpha value is -1.02. The molecular weight excluding hydrogens is 232 g/mol. The van der Waals surface area contributed by atoms with Crippen LogP contribution in [0.1, 0.15) is 32.8 Å². The van der Waals surface area contributed by atoms with Gasteiger partial charge in [-0.05, 0) is 43.9 Å². The average molecular weight is 260 g/mol. The molecule has 1 N–H and O–H groups in total. The first-order valence-corrected chi connectivity index (χ1v) is 7.59. The van der Waals surface area contributed by atoms with Crippen LogP contribution in [-0.2, 0) is 0 Å². The molecule has 0 aliphatic carbocycles. The first-order valence-electron chi connectivity index (χ1n) is 7.59. The number of aryl methyl sites for hydroxylation is 1. The van der Waals surface area contributed by atoms with Gasteiger partial charge >= 0.3 is 0 Å². The summed E-state index contributed by atoms with van der Waals surface area (Å²) < 4.78 is 0. The van der Waals surface area contributed by atoms with Gasteiger partial charge in [-0.2, -0.15) is 0 Å². The lowest BCUT2D eigenvalue weighted by atomic mass is 9.95. The first-order chi connectivity index (χ1) is 9.04. The van der Waals surface area contributed by atoms with E-state index in [2.05, 4.69) is 62.2 Å². The van der Waals surface area contributed by atoms with Gasteiger partial charge in [-0.3, -0.25) is 0 Å². The van der Waals surface area contributed by atoms with Crippen molar-refractivity contribution in [2.45, 2.75) is 40.2 Å². The second kappa shape index (κ2) is 6.42. The van der Waals surface area contributed by atoms with Crippen LogP contribution in [-0.4, -0.2) is 25.7 Å². The quantitative estimate of drug-likeness (QED) is 0.892. The predicted molar refractivity (Wildman–Crippen MR) is 83.8 cm³/mol. The summed E-state index contributed by atoms with van der Waals surface area (Å²) in [5.41, 5.74) is 2.71. The minimum Gasteiger partial charge on any atom is -0.370 e. The Bertz CT molecular complexity index is 383. The molecule has 0 radical (unpaired) electrons. The Morgan fingerprint density at radius 3 is 2.53 bits per heavy atom. The van der Waals surface area contributed by atoms with E-state index in [0.29, 0.717) is 6.04 Å². The number of hydrogen-bond donors (Lipinski definition) is 1. The fraction of sp³-hybridized carbons (Fsp3) is 0.647. The zero-order valence-electron chi connectivity index (χ0n) is 12.8. The zero-order chi connectivity index (χ0) is 13.8. The van der Waals surface area contributed by atoms with Crippen LogP contribution in [0.15, 0.2) is 24.3 Å². The van der Waals surface area contributed by atoms with Crippen LogP contribution >= 0.6 is 0 Å². The number of rotatable bonds is 4. The maximum Gasteiger partial charge on any atom is 0.0367 e. The van der Waals surface area contributed by atoms with E-state index >= 15 is 0 Å². The van der Waals surface area contributed by atoms with Gasteiger partial charge in [-0.15, -0.1) is 0 Å². The molecule has 1 aliphatic rings. The van der Waals surface area contributed by atoms with Gasteiger partial charge in [0.1, 0.15) is 0 Å². The van der Waals surface area contributed by atoms with E-state index in [4.69, 9.17) is 0 Å². The largest absolute Gasteiger partial charge is 0.370 e. The van der Waals surface area contributed by atoms with E-state index in [0.717, 1.165) is 24.9 Å². The van der Waals surface area contributed by atoms with E-state index in [1.807, 2.05) is 0 Å². The van der Waals surface area contributed by atoms with Gasteiger partial charge in [-0.25, -0.2) is 0 Å². The van der Waals surface area contributed by atoms with Gasteiger partial charge < -0.3 is 10.2 Å². The highest BCUT2D eigenvalue weighted by molar-refractivity contribution is 5.48. The zero-order valence-corrected chi connectivity index (χ0v) is 12.8. The molecule has 1 aromatic rings. The van der Waals surface area contributed by atoms with Crippen molar-refractivity contribution >= 4 is 5.69 Å². The number of nitrogens with one attached hydrogen (secondary N) is 1. The van der Waals surface area contributed by atoms with Crippen molar-refractivity contribution in [1.29, 1.82) is 0 Å². The van der Waals surface area contributed by atoms with E-state index in [1.54, 1.807) is 0 Å². The van der Waals surface area contributed by atoms with Crippen molar-refractivity contribution in [1.82, 2.24) is 5.32 Å². The lowest BCUT2D eigenvalue weighted by Gasteiger charge is -2.38. The van der Waals surface area contributed by atoms with Crippen molar-refractivity contribution in [2.24, 2.45) is 11.8 Å². The molecule has 2 nitrogen and oxygen atoms in total. The van der Waals surface area contributed by atoms with Crippen LogP contribution in [0, 0.1) is 18.8 Å². The Morgan fingerprint density at radius 2 is 1.89 bits per heavy atom. The average Bonchev–Trinajstić information content (AvgIpc) is 2.36. The monoisotopic (exact) mass is 260 g/mol. The summed E-state index contributed by atoms with van der Waals surface area (Å²) in [6, 6.07) is 9.57. The summed E-state index contributed by atoms with van der Waals surface area (Å²) >= 11 is 0. The molecular formula is C17H28N2. The summed E-state index contributed by atoms with van der Waals surface area (Å²) in [5, 5.41) is 3.72. The molecule has 1 saturated heterocycles. The Labute approximate surface area is 118 Å². The topological polar surface area (TPSA) is 15.3 Å². The molecule has 1 fully saturated rings. The molecule has 0 bridgehead atoms. The van der Waals surface area contributed by atoms with Crippen molar-refractivity contribution in [3.05, 3.63) is 29.8 Å². The number of piperidine rings is 1. The second-order valence-corrected chi connectivity index (χ2v) is 6.58. The molecule has 0 aromatic heterocycles. The molecule has 0 spiro atoms. The van der Waals surface area contributed by atoms with Gasteiger partial charge in [-0.1, -0.05) is 38.5 Å². The van der Waals surface area contributed by atoms with Gasteiger partial charge in [0, 0.05) is 24.8 Å². The number of nitrogens with zero attached hydrogens (tertiary/aromatic N) is 1. The summed E-state index contributed by atoms with van der Waals surface area (Å²) in [5.74, 6) is 1.49. The van der Waals surface area contributed by atoms with E-state index < -0.39 is 0 Å². The lowest BCUT2D eigenvalue weighted by molar-refractivity contribution is 0.339. The summed E-state index contributed by atoms with van der Waals surface area (Å²) in [7, 11) is 0. The Balaban J connectivity index is 1.99. The summed E-state index contributed by atoms with van der Waals surface area (Å²) in [6.45, 7) is 12.5. The van der Waals surface area contributed by atoms with E-state index in [-0.39, 0.29) is 0 Å². The predicted octanol–water partition coefficient (Wildman–Crippen LogP) is 3.46. The molecule has 2 atom stereocenters. The van der Waals surface area contributed by atoms with E-state index in [9.17, 15) is 0 Å². The van der Waals surface area contributed by atoms with Crippen molar-refractivity contribution in [3.63, 3.8) is 0 Å². The van der Waals surface area contributed by atoms with Crippen molar-refractivity contribution < 1.29 is 0 Å². The molecule has 19 heavy (non-hydrogen) atoms. The fourth-order valence-corrected chi connectivity index (χ4v) is 2.87. The molecule has 2 unspecified atom stereocenters. The highest BCUT2D eigenvalue weighted by Crippen LogP contribution is 2.23. The molecule has 1 aromatic carbocycles. The van der Waals surface area contributed by atoms with Crippen LogP contribution < -0.4 is 10.2 Å². The van der Waals surface area contributed by atoms with E-state index in [1.165, 1.54) is 24.2 Å². The summed E-state index contributed by atoms with van der Waals surface area (Å²) in [4.78, 5) is 2.53. The molecule has 1 heterocycles. The van der Waals surface area contributed by atoms with Crippen LogP contribution in [0.4, 0.5) is 5.69 Å². The molecule has 0 amide bonds. The first kappa shape index (κ1) is 14.4. The lowest BCUT2D eigenvalue weighted by Crippen LogP contribution is -2.49. The second-order valence-electron chi connectivity index (χ2n) is 6.58. The van der Waals surface area contributed by atoms with Crippen LogP contribution in [0.2, 0.25) is 0 Å². The normalized spacial score (nSPS) is 23.9. The maximum absolute atomic E-state index is 3.72. The van der Waals surface area contributed by atoms with Crippen LogP contribution in [0.25, 0.3) is 0 Å². The molecule has 2 rings (SSSR count). The molecule has 106 valence electrons. The highest BCUT2D eigenvalue weighted by atomic mass is 15.2. The van der Waals surface area contributed by atoms with Crippen LogP contribution in [0.5, 0.6) is 0 Å². The van der Waals surface area contributed by atoms with Gasteiger partial charge in [0.2, 0.25) is 0 Å². The Kier molecular flexibility index (Phi) is 4.87. The minimum atomic E-state index is 0.632. The molecule has 1 aliphatic heterocycles. The fourth-order valence-electron chi connectivity index (χ4n) is 2.87. The van der Waals surface area contributed by atoms with Gasteiger partial charge in [0.25, 0.3) is 0 Å². The molecule has 2 heteroatoms. The van der Waals surface area contributed by atoms with Crippen molar-refractivity contribution in [3.8, 4) is 0 Å². The molecule has 0 saturated carbocycles. The maximum atomic E-state index is 3.72. The minimum absolute atomic E-state index is 0.632.